The van der Waals surface area contributed by atoms with E-state index >= 15 is 0 Å². The van der Waals surface area contributed by atoms with Gasteiger partial charge in [0.15, 0.2) is 5.76 Å². The van der Waals surface area contributed by atoms with E-state index in [1.54, 1.807) is 40.9 Å². The first-order valence-electron chi connectivity index (χ1n) is 12.9. The second-order valence-corrected chi connectivity index (χ2v) is 10.9. The number of carbonyl (C=O) groups excluding carboxylic acids is 1. The Bertz CT molecular complexity index is 1900. The Kier molecular flexibility index (Phi) is 7.56. The fraction of sp³-hybridized carbons (Fsp3) is 0.207. The summed E-state index contributed by atoms with van der Waals surface area (Å²) >= 11 is 2.75. The summed E-state index contributed by atoms with van der Waals surface area (Å²) in [5.74, 6) is 0.191. The predicted molar refractivity (Wildman–Crippen MR) is 156 cm³/mol. The lowest BCUT2D eigenvalue weighted by atomic mass is 10.1. The van der Waals surface area contributed by atoms with E-state index in [0.717, 1.165) is 10.6 Å². The van der Waals surface area contributed by atoms with Gasteiger partial charge in [-0.1, -0.05) is 12.1 Å². The van der Waals surface area contributed by atoms with Gasteiger partial charge in [0.25, 0.3) is 11.1 Å². The number of halogens is 1. The van der Waals surface area contributed by atoms with Crippen LogP contribution in [0.25, 0.3) is 38.0 Å². The molecule has 13 heteroatoms. The van der Waals surface area contributed by atoms with Crippen molar-refractivity contribution in [2.24, 2.45) is 0 Å². The van der Waals surface area contributed by atoms with Crippen molar-refractivity contribution in [3.63, 3.8) is 0 Å². The Morgan fingerprint density at radius 3 is 2.79 bits per heavy atom. The van der Waals surface area contributed by atoms with E-state index in [1.165, 1.54) is 34.8 Å². The van der Waals surface area contributed by atoms with Gasteiger partial charge >= 0.3 is 0 Å². The monoisotopic (exact) mass is 602 g/mol. The number of carbonyl (C=O) groups is 1. The highest BCUT2D eigenvalue weighted by molar-refractivity contribution is 7.18. The van der Waals surface area contributed by atoms with Crippen molar-refractivity contribution in [1.82, 2.24) is 24.5 Å². The Balaban J connectivity index is 1.17. The molecule has 6 rings (SSSR count). The van der Waals surface area contributed by atoms with E-state index in [2.05, 4.69) is 21.1 Å². The first-order chi connectivity index (χ1) is 20.4. The van der Waals surface area contributed by atoms with Crippen LogP contribution in [-0.2, 0) is 6.61 Å². The molecule has 4 aromatic heterocycles. The van der Waals surface area contributed by atoms with Gasteiger partial charge in [0.05, 0.1) is 36.9 Å². The molecule has 1 amide bonds. The molecule has 0 fully saturated rings. The van der Waals surface area contributed by atoms with Crippen LogP contribution in [-0.4, -0.2) is 50.6 Å². The average Bonchev–Trinajstić information content (AvgIpc) is 3.79. The summed E-state index contributed by atoms with van der Waals surface area (Å²) in [5, 5.41) is 16.9. The summed E-state index contributed by atoms with van der Waals surface area (Å²) in [5.41, 5.74) is 2.99. The van der Waals surface area contributed by atoms with Gasteiger partial charge in [0, 0.05) is 41.7 Å². The third-order valence-electron chi connectivity index (χ3n) is 6.48. The number of rotatable bonds is 10. The minimum atomic E-state index is -0.488. The Labute approximate surface area is 247 Å². The number of thiazole rings is 1. The number of hydrogen-bond acceptors (Lipinski definition) is 10. The highest BCUT2D eigenvalue weighted by Gasteiger charge is 2.18. The number of aromatic nitrogens is 4. The molecule has 6 aromatic rings. The molecule has 0 N–H and O–H groups in total. The number of nitrogens with zero attached hydrogens (tertiary/aromatic N) is 6. The van der Waals surface area contributed by atoms with Gasteiger partial charge in [-0.3, -0.25) is 4.79 Å². The molecule has 0 radical (unpaired) electrons. The zero-order valence-electron chi connectivity index (χ0n) is 22.5. The lowest BCUT2D eigenvalue weighted by Crippen LogP contribution is -2.31. The van der Waals surface area contributed by atoms with Crippen molar-refractivity contribution in [2.45, 2.75) is 20.0 Å². The van der Waals surface area contributed by atoms with Crippen molar-refractivity contribution in [3.8, 4) is 39.0 Å². The average molecular weight is 603 g/mol. The Morgan fingerprint density at radius 1 is 1.21 bits per heavy atom. The van der Waals surface area contributed by atoms with Gasteiger partial charge in [0.1, 0.15) is 34.5 Å². The van der Waals surface area contributed by atoms with Crippen LogP contribution in [0.15, 0.2) is 58.5 Å². The highest BCUT2D eigenvalue weighted by Crippen LogP contribution is 2.35. The smallest absolute Gasteiger partial charge is 0.294 e. The van der Waals surface area contributed by atoms with Crippen molar-refractivity contribution < 1.29 is 23.1 Å². The fourth-order valence-corrected chi connectivity index (χ4v) is 5.90. The largest absolute Gasteiger partial charge is 0.486 e. The molecule has 0 aliphatic heterocycles. The summed E-state index contributed by atoms with van der Waals surface area (Å²) in [6, 6.07) is 13.7. The highest BCUT2D eigenvalue weighted by atomic mass is 32.1. The van der Waals surface area contributed by atoms with Crippen molar-refractivity contribution in [3.05, 3.63) is 71.1 Å². The van der Waals surface area contributed by atoms with Gasteiger partial charge < -0.3 is 18.8 Å². The summed E-state index contributed by atoms with van der Waals surface area (Å²) in [6.45, 7) is 2.95. The van der Waals surface area contributed by atoms with E-state index in [9.17, 15) is 9.18 Å². The van der Waals surface area contributed by atoms with Gasteiger partial charge in [-0.05, 0) is 36.5 Å². The molecule has 0 saturated heterocycles. The molecule has 0 unspecified atom stereocenters. The van der Waals surface area contributed by atoms with E-state index in [4.69, 9.17) is 19.2 Å². The normalized spacial score (nSPS) is 11.2. The lowest BCUT2D eigenvalue weighted by Gasteiger charge is -2.19. The second kappa shape index (κ2) is 11.6. The number of amides is 1. The molecule has 4 heterocycles. The maximum atomic E-state index is 14.4. The topological polar surface area (TPSA) is 119 Å². The van der Waals surface area contributed by atoms with Crippen LogP contribution in [0.4, 0.5) is 4.39 Å². The van der Waals surface area contributed by atoms with Gasteiger partial charge in [-0.15, -0.1) is 16.4 Å². The quantitative estimate of drug-likeness (QED) is 0.176. The van der Waals surface area contributed by atoms with Gasteiger partial charge in [-0.2, -0.15) is 5.26 Å². The molecule has 0 aliphatic carbocycles. The summed E-state index contributed by atoms with van der Waals surface area (Å²) < 4.78 is 33.1. The standard InChI is InChI=1S/C29H23FN6O4S2/c1-3-35(10-4-9-31)27(37)18-7-5-17(6-8-18)26-32-20(16-41-26)15-39-23-11-19(30)12-24-21(23)13-25(40-24)22-14-36-28(33-22)42-29(34-36)38-2/h5-8,11-14,16H,3-4,10,15H2,1-2H3. The number of benzene rings is 2. The predicted octanol–water partition coefficient (Wildman–Crippen LogP) is 6.43. The number of hydrogen-bond donors (Lipinski definition) is 0. The van der Waals surface area contributed by atoms with E-state index in [0.29, 0.717) is 69.1 Å². The number of methoxy groups -OCH3 is 1. The molecular weight excluding hydrogens is 579 g/mol. The van der Waals surface area contributed by atoms with Crippen LogP contribution in [0.1, 0.15) is 29.4 Å². The van der Waals surface area contributed by atoms with Crippen LogP contribution < -0.4 is 9.47 Å². The fourth-order valence-electron chi connectivity index (χ4n) is 4.39. The van der Waals surface area contributed by atoms with Gasteiger partial charge in [0.2, 0.25) is 4.96 Å². The molecule has 0 bridgehead atoms. The van der Waals surface area contributed by atoms with Crippen molar-refractivity contribution >= 4 is 44.5 Å². The second-order valence-electron chi connectivity index (χ2n) is 9.15. The molecule has 0 atom stereocenters. The number of furan rings is 1. The number of nitriles is 1. The van der Waals surface area contributed by atoms with Gasteiger partial charge in [-0.25, -0.2) is 18.9 Å². The van der Waals surface area contributed by atoms with Crippen molar-refractivity contribution in [2.75, 3.05) is 20.2 Å². The Hall–Kier alpha value is -4.80. The molecular formula is C29H23FN6O4S2. The number of ether oxygens (including phenoxy) is 2. The minimum absolute atomic E-state index is 0.110. The van der Waals surface area contributed by atoms with Crippen LogP contribution in [0.3, 0.4) is 0 Å². The molecule has 2 aromatic carbocycles. The van der Waals surface area contributed by atoms with E-state index < -0.39 is 5.82 Å². The SMILES string of the molecule is CCN(CCC#N)C(=O)c1ccc(-c2nc(COc3cc(F)cc4oc(-c5cn6nc(OC)sc6n5)cc34)cs2)cc1. The third kappa shape index (κ3) is 5.41. The van der Waals surface area contributed by atoms with Crippen LogP contribution in [0, 0.1) is 17.1 Å². The van der Waals surface area contributed by atoms with E-state index in [-0.39, 0.29) is 12.5 Å². The number of fused-ring (bicyclic) bond motifs is 2. The maximum Gasteiger partial charge on any atom is 0.294 e. The zero-order valence-corrected chi connectivity index (χ0v) is 24.2. The molecule has 0 spiro atoms. The summed E-state index contributed by atoms with van der Waals surface area (Å²) in [6.07, 6.45) is 2.01. The molecule has 42 heavy (non-hydrogen) atoms. The minimum Gasteiger partial charge on any atom is -0.486 e. The van der Waals surface area contributed by atoms with Crippen LogP contribution in [0.2, 0.25) is 0 Å². The number of imidazole rings is 1. The molecule has 10 nitrogen and oxygen atoms in total. The summed E-state index contributed by atoms with van der Waals surface area (Å²) in [7, 11) is 1.55. The van der Waals surface area contributed by atoms with Crippen LogP contribution >= 0.6 is 22.7 Å². The maximum absolute atomic E-state index is 14.4. The zero-order chi connectivity index (χ0) is 29.2. The first kappa shape index (κ1) is 27.4. The molecule has 0 aliphatic rings. The molecule has 212 valence electrons. The first-order valence-corrected chi connectivity index (χ1v) is 14.6. The third-order valence-corrected chi connectivity index (χ3v) is 8.31. The lowest BCUT2D eigenvalue weighted by molar-refractivity contribution is 0.0768. The summed E-state index contributed by atoms with van der Waals surface area (Å²) in [4.78, 5) is 24.2. The Morgan fingerprint density at radius 2 is 2.05 bits per heavy atom. The molecule has 0 saturated carbocycles. The van der Waals surface area contributed by atoms with Crippen molar-refractivity contribution in [1.29, 1.82) is 5.26 Å². The van der Waals surface area contributed by atoms with Crippen LogP contribution in [0.5, 0.6) is 10.9 Å². The van der Waals surface area contributed by atoms with E-state index in [1.807, 2.05) is 24.4 Å².